The van der Waals surface area contributed by atoms with Crippen molar-refractivity contribution in [1.29, 1.82) is 0 Å². The maximum absolute atomic E-state index is 11.6. The van der Waals surface area contributed by atoms with E-state index in [1.807, 2.05) is 12.1 Å². The van der Waals surface area contributed by atoms with E-state index in [9.17, 15) is 4.79 Å². The number of hydrogen-bond acceptors (Lipinski definition) is 3. The second-order valence-corrected chi connectivity index (χ2v) is 4.42. The first-order chi connectivity index (χ1) is 7.63. The molecular formula is C11H11IN2O2. The van der Waals surface area contributed by atoms with Crippen molar-refractivity contribution in [2.45, 2.75) is 6.92 Å². The highest BCUT2D eigenvalue weighted by Crippen LogP contribution is 2.26. The number of ether oxygens (including phenoxy) is 1. The number of aromatic nitrogens is 1. The third-order valence-corrected chi connectivity index (χ3v) is 3.36. The zero-order valence-corrected chi connectivity index (χ0v) is 10.9. The first kappa shape index (κ1) is 11.3. The first-order valence-corrected chi connectivity index (χ1v) is 5.95. The Morgan fingerprint density at radius 3 is 3.00 bits per heavy atom. The van der Waals surface area contributed by atoms with E-state index in [2.05, 4.69) is 27.6 Å². The molecule has 3 N–H and O–H groups in total. The molecule has 0 amide bonds. The Morgan fingerprint density at radius 1 is 1.56 bits per heavy atom. The number of aromatic amines is 1. The van der Waals surface area contributed by atoms with Gasteiger partial charge in [0.15, 0.2) is 0 Å². The average Bonchev–Trinajstić information content (AvgIpc) is 2.57. The maximum Gasteiger partial charge on any atom is 0.355 e. The van der Waals surface area contributed by atoms with Gasteiger partial charge in [-0.25, -0.2) is 4.79 Å². The highest BCUT2D eigenvalue weighted by molar-refractivity contribution is 14.1. The summed E-state index contributed by atoms with van der Waals surface area (Å²) in [4.78, 5) is 14.7. The molecule has 0 aliphatic heterocycles. The second-order valence-electron chi connectivity index (χ2n) is 3.34. The van der Waals surface area contributed by atoms with Crippen molar-refractivity contribution in [3.63, 3.8) is 0 Å². The molecule has 0 atom stereocenters. The van der Waals surface area contributed by atoms with Gasteiger partial charge in [-0.3, -0.25) is 0 Å². The second kappa shape index (κ2) is 4.32. The first-order valence-electron chi connectivity index (χ1n) is 4.87. The van der Waals surface area contributed by atoms with Crippen LogP contribution < -0.4 is 5.73 Å². The highest BCUT2D eigenvalue weighted by Gasteiger charge is 2.16. The van der Waals surface area contributed by atoms with Crippen molar-refractivity contribution in [3.8, 4) is 0 Å². The highest BCUT2D eigenvalue weighted by atomic mass is 127. The van der Waals surface area contributed by atoms with E-state index in [0.29, 0.717) is 18.0 Å². The summed E-state index contributed by atoms with van der Waals surface area (Å²) in [5.41, 5.74) is 7.76. The minimum Gasteiger partial charge on any atom is -0.461 e. The average molecular weight is 330 g/mol. The summed E-state index contributed by atoms with van der Waals surface area (Å²) in [5.74, 6) is -0.332. The van der Waals surface area contributed by atoms with Crippen molar-refractivity contribution < 1.29 is 9.53 Å². The SMILES string of the molecule is CCOC(=O)c1[nH]c2ccc(N)cc2c1I. The fourth-order valence-corrected chi connectivity index (χ4v) is 2.32. The number of carbonyl (C=O) groups excluding carboxylic acids is 1. The predicted molar refractivity (Wildman–Crippen MR) is 71.4 cm³/mol. The van der Waals surface area contributed by atoms with Gasteiger partial charge >= 0.3 is 5.97 Å². The van der Waals surface area contributed by atoms with Gasteiger partial charge in [0, 0.05) is 16.6 Å². The molecule has 16 heavy (non-hydrogen) atoms. The number of benzene rings is 1. The van der Waals surface area contributed by atoms with Crippen LogP contribution in [0.25, 0.3) is 10.9 Å². The van der Waals surface area contributed by atoms with Crippen molar-refractivity contribution in [1.82, 2.24) is 4.98 Å². The van der Waals surface area contributed by atoms with Gasteiger partial charge in [-0.05, 0) is 47.7 Å². The molecule has 1 aromatic heterocycles. The number of fused-ring (bicyclic) bond motifs is 1. The molecule has 1 aromatic carbocycles. The van der Waals surface area contributed by atoms with E-state index < -0.39 is 0 Å². The molecule has 84 valence electrons. The molecule has 0 aliphatic rings. The number of nitrogen functional groups attached to an aromatic ring is 1. The number of hydrogen-bond donors (Lipinski definition) is 2. The molecule has 0 saturated heterocycles. The Labute approximate surface area is 106 Å². The molecule has 0 fully saturated rings. The van der Waals surface area contributed by atoms with Crippen LogP contribution in [0.2, 0.25) is 0 Å². The molecule has 4 nitrogen and oxygen atoms in total. The van der Waals surface area contributed by atoms with Crippen LogP contribution >= 0.6 is 22.6 Å². The molecular weight excluding hydrogens is 319 g/mol. The lowest BCUT2D eigenvalue weighted by Crippen LogP contribution is -2.06. The molecule has 0 saturated carbocycles. The number of halogens is 1. The molecule has 0 radical (unpaired) electrons. The molecule has 0 aliphatic carbocycles. The van der Waals surface area contributed by atoms with Crippen LogP contribution in [-0.4, -0.2) is 17.6 Å². The number of esters is 1. The largest absolute Gasteiger partial charge is 0.461 e. The van der Waals surface area contributed by atoms with Crippen LogP contribution in [0, 0.1) is 3.57 Å². The molecule has 0 unspecified atom stereocenters. The lowest BCUT2D eigenvalue weighted by Gasteiger charge is -1.98. The van der Waals surface area contributed by atoms with Crippen LogP contribution in [-0.2, 0) is 4.74 Å². The molecule has 1 heterocycles. The number of nitrogens with two attached hydrogens (primary N) is 1. The zero-order chi connectivity index (χ0) is 11.7. The van der Waals surface area contributed by atoms with Crippen LogP contribution in [0.5, 0.6) is 0 Å². The van der Waals surface area contributed by atoms with Crippen molar-refractivity contribution in [3.05, 3.63) is 27.5 Å². The number of nitrogens with one attached hydrogen (secondary N) is 1. The van der Waals surface area contributed by atoms with Crippen molar-refractivity contribution >= 4 is 45.2 Å². The molecule has 2 rings (SSSR count). The smallest absolute Gasteiger partial charge is 0.355 e. The topological polar surface area (TPSA) is 68.1 Å². The third-order valence-electron chi connectivity index (χ3n) is 2.24. The van der Waals surface area contributed by atoms with E-state index in [1.165, 1.54) is 0 Å². The standard InChI is InChI=1S/C11H11IN2O2/c1-2-16-11(15)10-9(12)7-5-6(13)3-4-8(7)14-10/h3-5,14H,2,13H2,1H3. The van der Waals surface area contributed by atoms with Gasteiger partial charge in [0.2, 0.25) is 0 Å². The Morgan fingerprint density at radius 2 is 2.31 bits per heavy atom. The van der Waals surface area contributed by atoms with E-state index in [1.54, 1.807) is 13.0 Å². The van der Waals surface area contributed by atoms with Gasteiger partial charge < -0.3 is 15.5 Å². The summed E-state index contributed by atoms with van der Waals surface area (Å²) in [6, 6.07) is 5.50. The Bertz CT molecular complexity index is 548. The zero-order valence-electron chi connectivity index (χ0n) is 8.71. The van der Waals surface area contributed by atoms with Crippen LogP contribution in [0.3, 0.4) is 0 Å². The molecule has 5 heteroatoms. The summed E-state index contributed by atoms with van der Waals surface area (Å²) < 4.78 is 5.81. The van der Waals surface area contributed by atoms with Crippen LogP contribution in [0.15, 0.2) is 18.2 Å². The van der Waals surface area contributed by atoms with Crippen LogP contribution in [0.4, 0.5) is 5.69 Å². The summed E-state index contributed by atoms with van der Waals surface area (Å²) in [6.45, 7) is 2.15. The Kier molecular flexibility index (Phi) is 3.04. The number of rotatable bonds is 2. The number of carbonyl (C=O) groups is 1. The van der Waals surface area contributed by atoms with Crippen molar-refractivity contribution in [2.75, 3.05) is 12.3 Å². The molecule has 2 aromatic rings. The van der Waals surface area contributed by atoms with Gasteiger partial charge in [-0.15, -0.1) is 0 Å². The van der Waals surface area contributed by atoms with E-state index in [0.717, 1.165) is 14.5 Å². The monoisotopic (exact) mass is 330 g/mol. The van der Waals surface area contributed by atoms with Crippen molar-refractivity contribution in [2.24, 2.45) is 0 Å². The lowest BCUT2D eigenvalue weighted by molar-refractivity contribution is 0.0519. The summed E-state index contributed by atoms with van der Waals surface area (Å²) in [6.07, 6.45) is 0. The summed E-state index contributed by atoms with van der Waals surface area (Å²) in [5, 5.41) is 0.948. The minimum atomic E-state index is -0.332. The van der Waals surface area contributed by atoms with Gasteiger partial charge in [0.1, 0.15) is 5.69 Å². The van der Waals surface area contributed by atoms with Gasteiger partial charge in [0.25, 0.3) is 0 Å². The lowest BCUT2D eigenvalue weighted by atomic mass is 10.2. The summed E-state index contributed by atoms with van der Waals surface area (Å²) in [7, 11) is 0. The fourth-order valence-electron chi connectivity index (χ4n) is 1.52. The summed E-state index contributed by atoms with van der Waals surface area (Å²) >= 11 is 2.12. The quantitative estimate of drug-likeness (QED) is 0.505. The Hall–Kier alpha value is -1.24. The van der Waals surface area contributed by atoms with Crippen LogP contribution in [0.1, 0.15) is 17.4 Å². The third kappa shape index (κ3) is 1.87. The number of anilines is 1. The molecule has 0 bridgehead atoms. The Balaban J connectivity index is 2.56. The van der Waals surface area contributed by atoms with E-state index in [-0.39, 0.29) is 5.97 Å². The van der Waals surface area contributed by atoms with Gasteiger partial charge in [-0.2, -0.15) is 0 Å². The normalized spacial score (nSPS) is 10.6. The fraction of sp³-hybridized carbons (Fsp3) is 0.182. The van der Waals surface area contributed by atoms with E-state index in [4.69, 9.17) is 10.5 Å². The van der Waals surface area contributed by atoms with Gasteiger partial charge in [0.05, 0.1) is 10.2 Å². The van der Waals surface area contributed by atoms with E-state index >= 15 is 0 Å². The van der Waals surface area contributed by atoms with Gasteiger partial charge in [-0.1, -0.05) is 0 Å². The molecule has 0 spiro atoms. The number of H-pyrrole nitrogens is 1. The minimum absolute atomic E-state index is 0.332. The maximum atomic E-state index is 11.6. The predicted octanol–water partition coefficient (Wildman–Crippen LogP) is 2.53.